The molecule has 0 fully saturated rings. The van der Waals surface area contributed by atoms with Crippen molar-refractivity contribution in [2.75, 3.05) is 12.8 Å². The molecule has 0 saturated carbocycles. The Labute approximate surface area is 69.4 Å². The van der Waals surface area contributed by atoms with Crippen LogP contribution in [-0.2, 0) is 9.59 Å². The number of aliphatic carboxylic acids is 1. The zero-order chi connectivity index (χ0) is 8.85. The highest BCUT2D eigenvalue weighted by molar-refractivity contribution is 8.01. The number of carbonyl (C=O) groups is 2. The molecule has 5 heteroatoms. The van der Waals surface area contributed by atoms with Crippen LogP contribution in [0.25, 0.3) is 0 Å². The molecule has 0 aliphatic heterocycles. The van der Waals surface area contributed by atoms with Crippen LogP contribution in [0.4, 0.5) is 0 Å². The molecule has 2 N–H and O–H groups in total. The molecule has 0 rings (SSSR count). The molecule has 4 nitrogen and oxygen atoms in total. The summed E-state index contributed by atoms with van der Waals surface area (Å²) in [5.74, 6) is -1.07. The summed E-state index contributed by atoms with van der Waals surface area (Å²) in [6.07, 6.45) is 0. The minimum absolute atomic E-state index is 0.0331. The van der Waals surface area contributed by atoms with Gasteiger partial charge in [-0.05, 0) is 6.92 Å². The molecule has 11 heavy (non-hydrogen) atoms. The van der Waals surface area contributed by atoms with Crippen LogP contribution in [0.3, 0.4) is 0 Å². The maximum atomic E-state index is 10.8. The summed E-state index contributed by atoms with van der Waals surface area (Å²) < 4.78 is 0. The van der Waals surface area contributed by atoms with Gasteiger partial charge in [-0.3, -0.25) is 9.59 Å². The van der Waals surface area contributed by atoms with Gasteiger partial charge in [-0.2, -0.15) is 0 Å². The van der Waals surface area contributed by atoms with Gasteiger partial charge >= 0.3 is 5.97 Å². The van der Waals surface area contributed by atoms with Crippen molar-refractivity contribution in [3.63, 3.8) is 0 Å². The Hall–Kier alpha value is -0.710. The molecule has 0 aliphatic carbocycles. The molecule has 0 bridgehead atoms. The second-order valence-electron chi connectivity index (χ2n) is 1.96. The summed E-state index contributed by atoms with van der Waals surface area (Å²) in [7, 11) is 1.53. The summed E-state index contributed by atoms with van der Waals surface area (Å²) in [6, 6.07) is 0. The van der Waals surface area contributed by atoms with Crippen LogP contribution in [0.2, 0.25) is 0 Å². The van der Waals surface area contributed by atoms with Gasteiger partial charge in [0, 0.05) is 7.05 Å². The third kappa shape index (κ3) is 4.66. The van der Waals surface area contributed by atoms with Crippen LogP contribution in [0.5, 0.6) is 0 Å². The Morgan fingerprint density at radius 3 is 2.55 bits per heavy atom. The van der Waals surface area contributed by atoms with E-state index in [4.69, 9.17) is 5.11 Å². The van der Waals surface area contributed by atoms with E-state index in [0.29, 0.717) is 0 Å². The Morgan fingerprint density at radius 2 is 2.18 bits per heavy atom. The Kier molecular flexibility index (Phi) is 4.69. The van der Waals surface area contributed by atoms with Crippen molar-refractivity contribution in [2.45, 2.75) is 12.2 Å². The smallest absolute Gasteiger partial charge is 0.313 e. The van der Waals surface area contributed by atoms with Gasteiger partial charge < -0.3 is 10.4 Å². The van der Waals surface area contributed by atoms with Crippen LogP contribution in [-0.4, -0.2) is 35.0 Å². The van der Waals surface area contributed by atoms with E-state index in [0.717, 1.165) is 11.8 Å². The topological polar surface area (TPSA) is 66.4 Å². The molecule has 0 heterocycles. The molecule has 0 aromatic heterocycles. The lowest BCUT2D eigenvalue weighted by molar-refractivity contribution is -0.133. The molecular weight excluding hydrogens is 166 g/mol. The van der Waals surface area contributed by atoms with E-state index in [-0.39, 0.29) is 16.9 Å². The average Bonchev–Trinajstić information content (AvgIpc) is 1.98. The number of carboxylic acid groups (broad SMARTS) is 1. The predicted molar refractivity (Wildman–Crippen MR) is 43.6 cm³/mol. The standard InChI is InChI=1S/C6H11NO3S/c1-4(6(10)7-2)11-3-5(8)9/h4H,3H2,1-2H3,(H,7,10)(H,8,9). The molecule has 1 unspecified atom stereocenters. The van der Waals surface area contributed by atoms with Gasteiger partial charge in [0.2, 0.25) is 5.91 Å². The first-order valence-corrected chi connectivity index (χ1v) is 4.17. The van der Waals surface area contributed by atoms with Gasteiger partial charge in [0.1, 0.15) is 0 Å². The van der Waals surface area contributed by atoms with E-state index in [2.05, 4.69) is 5.32 Å². The van der Waals surface area contributed by atoms with Crippen molar-refractivity contribution in [1.82, 2.24) is 5.32 Å². The lowest BCUT2D eigenvalue weighted by Crippen LogP contribution is -2.28. The number of carboxylic acids is 1. The van der Waals surface area contributed by atoms with E-state index >= 15 is 0 Å². The second-order valence-corrected chi connectivity index (χ2v) is 3.29. The van der Waals surface area contributed by atoms with Crippen molar-refractivity contribution in [2.24, 2.45) is 0 Å². The number of hydrogen-bond donors (Lipinski definition) is 2. The van der Waals surface area contributed by atoms with Gasteiger partial charge in [0.25, 0.3) is 0 Å². The van der Waals surface area contributed by atoms with Gasteiger partial charge in [-0.25, -0.2) is 0 Å². The summed E-state index contributed by atoms with van der Waals surface area (Å²) in [4.78, 5) is 20.9. The largest absolute Gasteiger partial charge is 0.481 e. The molecule has 0 aromatic carbocycles. The van der Waals surface area contributed by atoms with Gasteiger partial charge in [-0.1, -0.05) is 0 Å². The fourth-order valence-electron chi connectivity index (χ4n) is 0.475. The summed E-state index contributed by atoms with van der Waals surface area (Å²) >= 11 is 1.11. The Morgan fingerprint density at radius 1 is 1.64 bits per heavy atom. The predicted octanol–water partition coefficient (Wildman–Crippen LogP) is -0.0613. The zero-order valence-corrected chi connectivity index (χ0v) is 7.27. The summed E-state index contributed by atoms with van der Waals surface area (Å²) in [5, 5.41) is 10.4. The first kappa shape index (κ1) is 10.3. The summed E-state index contributed by atoms with van der Waals surface area (Å²) in [6.45, 7) is 1.67. The maximum absolute atomic E-state index is 10.8. The van der Waals surface area contributed by atoms with Crippen LogP contribution < -0.4 is 5.32 Å². The van der Waals surface area contributed by atoms with Crippen molar-refractivity contribution >= 4 is 23.6 Å². The first-order valence-electron chi connectivity index (χ1n) is 3.13. The molecule has 0 aromatic rings. The van der Waals surface area contributed by atoms with E-state index in [9.17, 15) is 9.59 Å². The van der Waals surface area contributed by atoms with Gasteiger partial charge in [0.05, 0.1) is 11.0 Å². The third-order valence-electron chi connectivity index (χ3n) is 1.07. The Bertz CT molecular complexity index is 160. The van der Waals surface area contributed by atoms with Crippen LogP contribution in [0.1, 0.15) is 6.92 Å². The number of thioether (sulfide) groups is 1. The molecule has 64 valence electrons. The lowest BCUT2D eigenvalue weighted by atomic mass is 10.4. The molecule has 0 radical (unpaired) electrons. The number of rotatable bonds is 4. The van der Waals surface area contributed by atoms with Crippen molar-refractivity contribution in [3.8, 4) is 0 Å². The minimum atomic E-state index is -0.897. The fourth-order valence-corrected chi connectivity index (χ4v) is 1.14. The van der Waals surface area contributed by atoms with Crippen LogP contribution in [0.15, 0.2) is 0 Å². The molecule has 1 amide bonds. The van der Waals surface area contributed by atoms with E-state index < -0.39 is 5.97 Å². The number of hydrogen-bond acceptors (Lipinski definition) is 3. The normalized spacial score (nSPS) is 12.2. The molecular formula is C6H11NO3S. The highest BCUT2D eigenvalue weighted by Gasteiger charge is 2.12. The first-order chi connectivity index (χ1) is 5.07. The van der Waals surface area contributed by atoms with Crippen LogP contribution >= 0.6 is 11.8 Å². The van der Waals surface area contributed by atoms with E-state index in [1.165, 1.54) is 7.05 Å². The summed E-state index contributed by atoms with van der Waals surface area (Å²) in [5.41, 5.74) is 0. The maximum Gasteiger partial charge on any atom is 0.313 e. The van der Waals surface area contributed by atoms with Crippen molar-refractivity contribution in [3.05, 3.63) is 0 Å². The number of carbonyl (C=O) groups excluding carboxylic acids is 1. The second kappa shape index (κ2) is 5.01. The third-order valence-corrected chi connectivity index (χ3v) is 2.20. The molecule has 0 spiro atoms. The van der Waals surface area contributed by atoms with Gasteiger partial charge in [0.15, 0.2) is 0 Å². The molecule has 0 aliphatic rings. The molecule has 0 saturated heterocycles. The number of nitrogens with one attached hydrogen (secondary N) is 1. The van der Waals surface area contributed by atoms with Crippen molar-refractivity contribution in [1.29, 1.82) is 0 Å². The molecule has 1 atom stereocenters. The van der Waals surface area contributed by atoms with E-state index in [1.54, 1.807) is 6.92 Å². The van der Waals surface area contributed by atoms with Crippen LogP contribution in [0, 0.1) is 0 Å². The van der Waals surface area contributed by atoms with Gasteiger partial charge in [-0.15, -0.1) is 11.8 Å². The average molecular weight is 177 g/mol. The zero-order valence-electron chi connectivity index (χ0n) is 6.46. The quantitative estimate of drug-likeness (QED) is 0.631. The van der Waals surface area contributed by atoms with Crippen molar-refractivity contribution < 1.29 is 14.7 Å². The minimum Gasteiger partial charge on any atom is -0.481 e. The van der Waals surface area contributed by atoms with E-state index in [1.807, 2.05) is 0 Å². The fraction of sp³-hybridized carbons (Fsp3) is 0.667. The highest BCUT2D eigenvalue weighted by atomic mass is 32.2. The SMILES string of the molecule is CNC(=O)C(C)SCC(=O)O. The Balaban J connectivity index is 3.60. The number of amides is 1. The highest BCUT2D eigenvalue weighted by Crippen LogP contribution is 2.08. The lowest BCUT2D eigenvalue weighted by Gasteiger charge is -2.06. The monoisotopic (exact) mass is 177 g/mol.